The van der Waals surface area contributed by atoms with E-state index in [-0.39, 0.29) is 17.7 Å². The summed E-state index contributed by atoms with van der Waals surface area (Å²) in [5.41, 5.74) is 2.94. The number of piperidine rings is 1. The minimum Gasteiger partial charge on any atom is -0.360 e. The first kappa shape index (κ1) is 19.4. The van der Waals surface area contributed by atoms with Gasteiger partial charge in [0, 0.05) is 48.2 Å². The molecule has 0 saturated carbocycles. The Labute approximate surface area is 171 Å². The smallest absolute Gasteiger partial charge is 0.220 e. The van der Waals surface area contributed by atoms with Gasteiger partial charge in [-0.05, 0) is 30.9 Å². The van der Waals surface area contributed by atoms with Gasteiger partial charge in [-0.25, -0.2) is 0 Å². The number of hydrogen-bond donors (Lipinski definition) is 2. The second-order valence-electron chi connectivity index (χ2n) is 7.77. The van der Waals surface area contributed by atoms with Crippen LogP contribution in [0.4, 0.5) is 0 Å². The second-order valence-corrected chi connectivity index (χ2v) is 7.77. The highest BCUT2D eigenvalue weighted by Crippen LogP contribution is 2.19. The fourth-order valence-electron chi connectivity index (χ4n) is 4.03. The normalized spacial score (nSPS) is 15.4. The molecular formula is C24H27N3O2. The van der Waals surface area contributed by atoms with Gasteiger partial charge in [0.1, 0.15) is 0 Å². The highest BCUT2D eigenvalue weighted by molar-refractivity contribution is 6.08. The number of carbonyl (C=O) groups is 2. The molecule has 150 valence electrons. The summed E-state index contributed by atoms with van der Waals surface area (Å²) in [4.78, 5) is 30.3. The van der Waals surface area contributed by atoms with Crippen molar-refractivity contribution in [3.8, 4) is 0 Å². The number of nitrogens with one attached hydrogen (secondary N) is 2. The van der Waals surface area contributed by atoms with Gasteiger partial charge in [-0.1, -0.05) is 48.5 Å². The quantitative estimate of drug-likeness (QED) is 0.607. The van der Waals surface area contributed by atoms with Crippen molar-refractivity contribution < 1.29 is 9.59 Å². The number of aromatic amines is 1. The SMILES string of the molecule is O=C(CCc1ccccc1)NC1CCN(CC(=O)c2c[nH]c3ccccc23)CC1. The third-order valence-electron chi connectivity index (χ3n) is 5.69. The van der Waals surface area contributed by atoms with Crippen LogP contribution in [0.15, 0.2) is 60.8 Å². The van der Waals surface area contributed by atoms with Crippen LogP contribution in [0.5, 0.6) is 0 Å². The van der Waals surface area contributed by atoms with E-state index in [0.717, 1.165) is 48.8 Å². The van der Waals surface area contributed by atoms with Crippen molar-refractivity contribution in [2.45, 2.75) is 31.7 Å². The van der Waals surface area contributed by atoms with E-state index in [1.54, 1.807) is 0 Å². The molecule has 29 heavy (non-hydrogen) atoms. The number of fused-ring (bicyclic) bond motifs is 1. The van der Waals surface area contributed by atoms with Crippen molar-refractivity contribution in [3.05, 3.63) is 71.9 Å². The van der Waals surface area contributed by atoms with Crippen molar-refractivity contribution in [1.29, 1.82) is 0 Å². The minimum absolute atomic E-state index is 0.113. The van der Waals surface area contributed by atoms with Gasteiger partial charge in [-0.15, -0.1) is 0 Å². The Balaban J connectivity index is 1.22. The predicted octanol–water partition coefficient (Wildman–Crippen LogP) is 3.56. The maximum Gasteiger partial charge on any atom is 0.220 e. The number of benzene rings is 2. The van der Waals surface area contributed by atoms with Crippen LogP contribution in [0.3, 0.4) is 0 Å². The van der Waals surface area contributed by atoms with Gasteiger partial charge in [-0.2, -0.15) is 0 Å². The number of rotatable bonds is 7. The number of amides is 1. The summed E-state index contributed by atoms with van der Waals surface area (Å²) in [6.45, 7) is 2.09. The largest absolute Gasteiger partial charge is 0.360 e. The molecule has 0 bridgehead atoms. The standard InChI is InChI=1S/C24H27N3O2/c28-23(21-16-25-22-9-5-4-8-20(21)22)17-27-14-12-19(13-15-27)26-24(29)11-10-18-6-2-1-3-7-18/h1-9,16,19,25H,10-15,17H2,(H,26,29). The summed E-state index contributed by atoms with van der Waals surface area (Å²) >= 11 is 0. The monoisotopic (exact) mass is 389 g/mol. The van der Waals surface area contributed by atoms with Crippen LogP contribution in [-0.2, 0) is 11.2 Å². The summed E-state index contributed by atoms with van der Waals surface area (Å²) in [5.74, 6) is 0.259. The van der Waals surface area contributed by atoms with Crippen LogP contribution in [0.25, 0.3) is 10.9 Å². The molecule has 1 aliphatic heterocycles. The molecule has 5 heteroatoms. The molecule has 0 aliphatic carbocycles. The Morgan fingerprint density at radius 1 is 1.00 bits per heavy atom. The molecule has 0 spiro atoms. The van der Waals surface area contributed by atoms with Crippen molar-refractivity contribution in [2.24, 2.45) is 0 Å². The van der Waals surface area contributed by atoms with Gasteiger partial charge in [0.05, 0.1) is 6.54 Å². The van der Waals surface area contributed by atoms with E-state index < -0.39 is 0 Å². The number of para-hydroxylation sites is 1. The Kier molecular flexibility index (Phi) is 6.06. The third-order valence-corrected chi connectivity index (χ3v) is 5.69. The molecule has 1 aliphatic rings. The number of aromatic nitrogens is 1. The molecule has 5 nitrogen and oxygen atoms in total. The maximum atomic E-state index is 12.7. The Hall–Kier alpha value is -2.92. The van der Waals surface area contributed by atoms with Crippen LogP contribution in [0.2, 0.25) is 0 Å². The van der Waals surface area contributed by atoms with Gasteiger partial charge in [0.25, 0.3) is 0 Å². The highest BCUT2D eigenvalue weighted by Gasteiger charge is 2.23. The molecule has 1 aromatic heterocycles. The molecule has 1 saturated heterocycles. The minimum atomic E-state index is 0.113. The number of likely N-dealkylation sites (tertiary alicyclic amines) is 1. The van der Waals surface area contributed by atoms with E-state index in [0.29, 0.717) is 13.0 Å². The molecule has 2 N–H and O–H groups in total. The first-order valence-corrected chi connectivity index (χ1v) is 10.3. The molecule has 2 aromatic carbocycles. The van der Waals surface area contributed by atoms with E-state index in [9.17, 15) is 9.59 Å². The molecular weight excluding hydrogens is 362 g/mol. The predicted molar refractivity (Wildman–Crippen MR) is 115 cm³/mol. The van der Waals surface area contributed by atoms with Crippen LogP contribution >= 0.6 is 0 Å². The van der Waals surface area contributed by atoms with Gasteiger partial charge in [0.15, 0.2) is 5.78 Å². The Morgan fingerprint density at radius 3 is 2.52 bits per heavy atom. The van der Waals surface area contributed by atoms with E-state index in [1.807, 2.05) is 48.7 Å². The van der Waals surface area contributed by atoms with Crippen molar-refractivity contribution in [3.63, 3.8) is 0 Å². The lowest BCUT2D eigenvalue weighted by Gasteiger charge is -2.31. The topological polar surface area (TPSA) is 65.2 Å². The average molecular weight is 389 g/mol. The summed E-state index contributed by atoms with van der Waals surface area (Å²) < 4.78 is 0. The van der Waals surface area contributed by atoms with Crippen molar-refractivity contribution >= 4 is 22.6 Å². The maximum absolute atomic E-state index is 12.7. The number of ketones is 1. The van der Waals surface area contributed by atoms with Gasteiger partial charge in [-0.3, -0.25) is 14.5 Å². The van der Waals surface area contributed by atoms with E-state index in [4.69, 9.17) is 0 Å². The zero-order chi connectivity index (χ0) is 20.1. The number of nitrogens with zero attached hydrogens (tertiary/aromatic N) is 1. The van der Waals surface area contributed by atoms with Crippen LogP contribution in [0, 0.1) is 0 Å². The number of aryl methyl sites for hydroxylation is 1. The third kappa shape index (κ3) is 4.93. The van der Waals surface area contributed by atoms with E-state index in [1.165, 1.54) is 5.56 Å². The lowest BCUT2D eigenvalue weighted by atomic mass is 10.0. The zero-order valence-corrected chi connectivity index (χ0v) is 16.6. The highest BCUT2D eigenvalue weighted by atomic mass is 16.1. The molecule has 0 unspecified atom stereocenters. The van der Waals surface area contributed by atoms with Crippen molar-refractivity contribution in [1.82, 2.24) is 15.2 Å². The molecule has 4 rings (SSSR count). The van der Waals surface area contributed by atoms with Gasteiger partial charge >= 0.3 is 0 Å². The molecule has 3 aromatic rings. The molecule has 1 amide bonds. The lowest BCUT2D eigenvalue weighted by Crippen LogP contribution is -2.46. The Morgan fingerprint density at radius 2 is 1.72 bits per heavy atom. The summed E-state index contributed by atoms with van der Waals surface area (Å²) in [6, 6.07) is 18.2. The van der Waals surface area contributed by atoms with Gasteiger partial charge in [0.2, 0.25) is 5.91 Å². The van der Waals surface area contributed by atoms with E-state index in [2.05, 4.69) is 27.3 Å². The van der Waals surface area contributed by atoms with E-state index >= 15 is 0 Å². The number of Topliss-reactive ketones (excluding diaryl/α,β-unsaturated/α-hetero) is 1. The first-order valence-electron chi connectivity index (χ1n) is 10.3. The van der Waals surface area contributed by atoms with Crippen LogP contribution in [0.1, 0.15) is 35.2 Å². The van der Waals surface area contributed by atoms with Gasteiger partial charge < -0.3 is 10.3 Å². The number of hydrogen-bond acceptors (Lipinski definition) is 3. The number of H-pyrrole nitrogens is 1. The fourth-order valence-corrected chi connectivity index (χ4v) is 4.03. The average Bonchev–Trinajstić information content (AvgIpc) is 3.19. The molecule has 0 radical (unpaired) electrons. The van der Waals surface area contributed by atoms with Crippen LogP contribution in [-0.4, -0.2) is 47.3 Å². The summed E-state index contributed by atoms with van der Waals surface area (Å²) in [5, 5.41) is 4.14. The Bertz CT molecular complexity index is 972. The summed E-state index contributed by atoms with van der Waals surface area (Å²) in [7, 11) is 0. The molecule has 1 fully saturated rings. The second kappa shape index (κ2) is 9.05. The first-order chi connectivity index (χ1) is 14.2. The number of carbonyl (C=O) groups excluding carboxylic acids is 2. The van der Waals surface area contributed by atoms with Crippen LogP contribution < -0.4 is 5.32 Å². The zero-order valence-electron chi connectivity index (χ0n) is 16.6. The van der Waals surface area contributed by atoms with Crippen molar-refractivity contribution in [2.75, 3.05) is 19.6 Å². The molecule has 0 atom stereocenters. The summed E-state index contributed by atoms with van der Waals surface area (Å²) in [6.07, 6.45) is 4.87. The lowest BCUT2D eigenvalue weighted by molar-refractivity contribution is -0.122. The fraction of sp³-hybridized carbons (Fsp3) is 0.333. The molecule has 2 heterocycles.